The molecule has 0 heterocycles. The monoisotopic (exact) mass is 343 g/mol. The van der Waals surface area contributed by atoms with Crippen LogP contribution in [0.5, 0.6) is 0 Å². The number of rotatable bonds is 3. The highest BCUT2D eigenvalue weighted by molar-refractivity contribution is 9.10. The molecule has 0 bridgehead atoms. The molecule has 0 saturated carbocycles. The van der Waals surface area contributed by atoms with Gasteiger partial charge < -0.3 is 5.73 Å². The first kappa shape index (κ1) is 13.6. The van der Waals surface area contributed by atoms with E-state index in [0.717, 1.165) is 10.0 Å². The van der Waals surface area contributed by atoms with Crippen molar-refractivity contribution in [2.45, 2.75) is 10.6 Å². The van der Waals surface area contributed by atoms with Crippen LogP contribution >= 0.6 is 27.5 Å². The highest BCUT2D eigenvalue weighted by Gasteiger charge is 2.12. The van der Waals surface area contributed by atoms with Crippen LogP contribution in [0.25, 0.3) is 0 Å². The third-order valence-electron chi connectivity index (χ3n) is 2.44. The lowest BCUT2D eigenvalue weighted by Gasteiger charge is -2.08. The summed E-state index contributed by atoms with van der Waals surface area (Å²) in [5, 5.41) is 0.449. The minimum atomic E-state index is -1.24. The Hall–Kier alpha value is -0.840. The Balaban J connectivity index is 2.25. The van der Waals surface area contributed by atoms with E-state index in [1.165, 1.54) is 0 Å². The SMILES string of the molecule is Nc1cccc(Cl)c1S(=O)Cc1ccc(Br)cc1. The van der Waals surface area contributed by atoms with Crippen molar-refractivity contribution in [3.05, 3.63) is 57.5 Å². The van der Waals surface area contributed by atoms with E-state index in [-0.39, 0.29) is 0 Å². The van der Waals surface area contributed by atoms with E-state index < -0.39 is 10.8 Å². The molecule has 0 spiro atoms. The van der Waals surface area contributed by atoms with Crippen molar-refractivity contribution in [3.63, 3.8) is 0 Å². The lowest BCUT2D eigenvalue weighted by atomic mass is 10.2. The summed E-state index contributed by atoms with van der Waals surface area (Å²) in [6, 6.07) is 12.8. The van der Waals surface area contributed by atoms with Gasteiger partial charge in [-0.2, -0.15) is 0 Å². The number of benzene rings is 2. The van der Waals surface area contributed by atoms with Gasteiger partial charge in [0.1, 0.15) is 0 Å². The fraction of sp³-hybridized carbons (Fsp3) is 0.0769. The van der Waals surface area contributed by atoms with Crippen molar-refractivity contribution < 1.29 is 4.21 Å². The van der Waals surface area contributed by atoms with Crippen LogP contribution in [0.15, 0.2) is 51.8 Å². The molecule has 0 aliphatic carbocycles. The van der Waals surface area contributed by atoms with Crippen LogP contribution in [-0.4, -0.2) is 4.21 Å². The summed E-state index contributed by atoms with van der Waals surface area (Å²) in [6.07, 6.45) is 0. The molecule has 0 radical (unpaired) electrons. The van der Waals surface area contributed by atoms with E-state index in [1.54, 1.807) is 18.2 Å². The quantitative estimate of drug-likeness (QED) is 0.855. The Morgan fingerprint density at radius 2 is 1.83 bits per heavy atom. The zero-order valence-corrected chi connectivity index (χ0v) is 12.6. The van der Waals surface area contributed by atoms with Gasteiger partial charge in [0.05, 0.1) is 26.5 Å². The molecule has 1 unspecified atom stereocenters. The molecule has 0 aromatic heterocycles. The molecular formula is C13H11BrClNOS. The molecule has 0 fully saturated rings. The van der Waals surface area contributed by atoms with Crippen LogP contribution in [0.1, 0.15) is 5.56 Å². The first-order valence-electron chi connectivity index (χ1n) is 5.25. The Labute approximate surface area is 122 Å². The standard InChI is InChI=1S/C13H11BrClNOS/c14-10-6-4-9(5-7-10)8-18(17)13-11(15)2-1-3-12(13)16/h1-7H,8,16H2. The van der Waals surface area contributed by atoms with Crippen LogP contribution in [0.2, 0.25) is 5.02 Å². The summed E-state index contributed by atoms with van der Waals surface area (Å²) < 4.78 is 13.3. The van der Waals surface area contributed by atoms with Gasteiger partial charge in [-0.1, -0.05) is 45.7 Å². The number of hydrogen-bond acceptors (Lipinski definition) is 2. The molecular weight excluding hydrogens is 334 g/mol. The molecule has 0 aliphatic heterocycles. The number of nitrogens with two attached hydrogens (primary N) is 1. The Kier molecular flexibility index (Phi) is 4.43. The summed E-state index contributed by atoms with van der Waals surface area (Å²) in [5.74, 6) is 0.404. The fourth-order valence-electron chi connectivity index (χ4n) is 1.57. The Morgan fingerprint density at radius 1 is 1.17 bits per heavy atom. The normalized spacial score (nSPS) is 12.3. The predicted molar refractivity (Wildman–Crippen MR) is 80.1 cm³/mol. The maximum absolute atomic E-state index is 12.3. The molecule has 2 rings (SSSR count). The summed E-state index contributed by atoms with van der Waals surface area (Å²) in [5.41, 5.74) is 7.27. The van der Waals surface area contributed by atoms with Gasteiger partial charge in [-0.05, 0) is 29.8 Å². The first-order valence-corrected chi connectivity index (χ1v) is 7.73. The van der Waals surface area contributed by atoms with Crippen molar-refractivity contribution >= 4 is 44.0 Å². The average molecular weight is 345 g/mol. The summed E-state index contributed by atoms with van der Waals surface area (Å²) in [7, 11) is -1.24. The van der Waals surface area contributed by atoms with E-state index in [4.69, 9.17) is 17.3 Å². The number of hydrogen-bond donors (Lipinski definition) is 1. The second kappa shape index (κ2) is 5.87. The highest BCUT2D eigenvalue weighted by Crippen LogP contribution is 2.27. The van der Waals surface area contributed by atoms with Crippen LogP contribution in [0.3, 0.4) is 0 Å². The largest absolute Gasteiger partial charge is 0.398 e. The first-order chi connectivity index (χ1) is 8.58. The topological polar surface area (TPSA) is 43.1 Å². The van der Waals surface area contributed by atoms with Gasteiger partial charge in [0.25, 0.3) is 0 Å². The van der Waals surface area contributed by atoms with E-state index in [1.807, 2.05) is 24.3 Å². The molecule has 2 N–H and O–H groups in total. The van der Waals surface area contributed by atoms with Gasteiger partial charge in [-0.3, -0.25) is 4.21 Å². The summed E-state index contributed by atoms with van der Waals surface area (Å²) >= 11 is 9.40. The van der Waals surface area contributed by atoms with Crippen LogP contribution in [0, 0.1) is 0 Å². The van der Waals surface area contributed by atoms with E-state index in [2.05, 4.69) is 15.9 Å². The van der Waals surface area contributed by atoms with Gasteiger partial charge >= 0.3 is 0 Å². The van der Waals surface area contributed by atoms with Crippen molar-refractivity contribution in [2.75, 3.05) is 5.73 Å². The van der Waals surface area contributed by atoms with Gasteiger partial charge in [0, 0.05) is 10.2 Å². The highest BCUT2D eigenvalue weighted by atomic mass is 79.9. The Morgan fingerprint density at radius 3 is 2.44 bits per heavy atom. The van der Waals surface area contributed by atoms with E-state index >= 15 is 0 Å². The molecule has 1 atom stereocenters. The smallest absolute Gasteiger partial charge is 0.0806 e. The molecule has 5 heteroatoms. The molecule has 0 amide bonds. The van der Waals surface area contributed by atoms with Crippen molar-refractivity contribution in [2.24, 2.45) is 0 Å². The van der Waals surface area contributed by atoms with Gasteiger partial charge in [-0.15, -0.1) is 0 Å². The van der Waals surface area contributed by atoms with Crippen LogP contribution < -0.4 is 5.73 Å². The summed E-state index contributed by atoms with van der Waals surface area (Å²) in [4.78, 5) is 0.516. The van der Waals surface area contributed by atoms with E-state index in [0.29, 0.717) is 21.4 Å². The third-order valence-corrected chi connectivity index (χ3v) is 4.90. The maximum atomic E-state index is 12.3. The van der Waals surface area contributed by atoms with Gasteiger partial charge in [0.2, 0.25) is 0 Å². The number of halogens is 2. The van der Waals surface area contributed by atoms with Gasteiger partial charge in [0.15, 0.2) is 0 Å². The second-order valence-electron chi connectivity index (χ2n) is 3.77. The minimum Gasteiger partial charge on any atom is -0.398 e. The molecule has 2 aromatic rings. The molecule has 0 saturated heterocycles. The fourth-order valence-corrected chi connectivity index (χ4v) is 3.53. The Bertz CT molecular complexity index is 566. The van der Waals surface area contributed by atoms with Crippen molar-refractivity contribution in [1.82, 2.24) is 0 Å². The van der Waals surface area contributed by atoms with Crippen molar-refractivity contribution in [1.29, 1.82) is 0 Å². The maximum Gasteiger partial charge on any atom is 0.0806 e. The number of nitrogen functional groups attached to an aromatic ring is 1. The third kappa shape index (κ3) is 3.13. The molecule has 0 aliphatic rings. The predicted octanol–water partition coefficient (Wildman–Crippen LogP) is 3.99. The van der Waals surface area contributed by atoms with Crippen LogP contribution in [-0.2, 0) is 16.6 Å². The molecule has 2 nitrogen and oxygen atoms in total. The number of anilines is 1. The molecule has 18 heavy (non-hydrogen) atoms. The minimum absolute atomic E-state index is 0.404. The lowest BCUT2D eigenvalue weighted by molar-refractivity contribution is 0.683. The zero-order chi connectivity index (χ0) is 13.1. The average Bonchev–Trinajstić information content (AvgIpc) is 2.32. The van der Waals surface area contributed by atoms with Crippen LogP contribution in [0.4, 0.5) is 5.69 Å². The second-order valence-corrected chi connectivity index (χ2v) is 6.49. The van der Waals surface area contributed by atoms with Crippen molar-refractivity contribution in [3.8, 4) is 0 Å². The lowest BCUT2D eigenvalue weighted by Crippen LogP contribution is -2.01. The molecule has 2 aromatic carbocycles. The van der Waals surface area contributed by atoms with Gasteiger partial charge in [-0.25, -0.2) is 0 Å². The van der Waals surface area contributed by atoms with E-state index in [9.17, 15) is 4.21 Å². The summed E-state index contributed by atoms with van der Waals surface area (Å²) in [6.45, 7) is 0. The zero-order valence-electron chi connectivity index (χ0n) is 9.40. The molecule has 94 valence electrons.